The van der Waals surface area contributed by atoms with Crippen LogP contribution in [0.5, 0.6) is 0 Å². The number of carbonyl (C=O) groups excluding carboxylic acids is 1. The van der Waals surface area contributed by atoms with Gasteiger partial charge in [0.15, 0.2) is 5.78 Å². The Labute approximate surface area is 127 Å². The van der Waals surface area contributed by atoms with Crippen LogP contribution >= 0.6 is 34.8 Å². The lowest BCUT2D eigenvalue weighted by Gasteiger charge is -2.08. The van der Waals surface area contributed by atoms with Gasteiger partial charge in [0.25, 0.3) is 0 Å². The van der Waals surface area contributed by atoms with Crippen molar-refractivity contribution in [1.82, 2.24) is 0 Å². The summed E-state index contributed by atoms with van der Waals surface area (Å²) in [7, 11) is 0. The maximum atomic E-state index is 12.5. The van der Waals surface area contributed by atoms with Gasteiger partial charge in [-0.1, -0.05) is 46.9 Å². The Kier molecular flexibility index (Phi) is 4.19. The zero-order valence-corrected chi connectivity index (χ0v) is 12.7. The van der Waals surface area contributed by atoms with Crippen molar-refractivity contribution in [2.24, 2.45) is 0 Å². The molecule has 4 heteroatoms. The molecule has 0 aliphatic rings. The van der Waals surface area contributed by atoms with Gasteiger partial charge in [-0.15, -0.1) is 0 Å². The average Bonchev–Trinajstić information content (AvgIpc) is 2.31. The third kappa shape index (κ3) is 2.94. The minimum atomic E-state index is -0.199. The van der Waals surface area contributed by atoms with Gasteiger partial charge in [0, 0.05) is 10.6 Å². The first-order valence-corrected chi connectivity index (χ1v) is 6.80. The zero-order valence-electron chi connectivity index (χ0n) is 10.4. The number of ketones is 1. The van der Waals surface area contributed by atoms with E-state index in [1.54, 1.807) is 6.07 Å². The Morgan fingerprint density at radius 2 is 1.47 bits per heavy atom. The monoisotopic (exact) mass is 312 g/mol. The Balaban J connectivity index is 2.53. The van der Waals surface area contributed by atoms with Crippen LogP contribution in [0.3, 0.4) is 0 Å². The molecule has 0 amide bonds. The molecular weight excluding hydrogens is 303 g/mol. The van der Waals surface area contributed by atoms with Crippen LogP contribution in [0.1, 0.15) is 27.0 Å². The second kappa shape index (κ2) is 5.54. The molecule has 98 valence electrons. The highest BCUT2D eigenvalue weighted by atomic mass is 35.5. The summed E-state index contributed by atoms with van der Waals surface area (Å²) in [5, 5.41) is 0.938. The third-order valence-corrected chi connectivity index (χ3v) is 3.82. The van der Waals surface area contributed by atoms with E-state index in [2.05, 4.69) is 0 Å². The molecule has 19 heavy (non-hydrogen) atoms. The first kappa shape index (κ1) is 14.4. The Morgan fingerprint density at radius 3 is 2.00 bits per heavy atom. The molecule has 0 fully saturated rings. The zero-order chi connectivity index (χ0) is 14.2. The van der Waals surface area contributed by atoms with Crippen LogP contribution in [0, 0.1) is 13.8 Å². The van der Waals surface area contributed by atoms with Crippen molar-refractivity contribution in [3.63, 3.8) is 0 Å². The number of aryl methyl sites for hydroxylation is 2. The summed E-state index contributed by atoms with van der Waals surface area (Å²) in [5.41, 5.74) is 3.03. The number of hydrogen-bond donors (Lipinski definition) is 0. The van der Waals surface area contributed by atoms with Crippen LogP contribution < -0.4 is 0 Å². The molecule has 0 aliphatic heterocycles. The van der Waals surface area contributed by atoms with E-state index in [4.69, 9.17) is 34.8 Å². The predicted molar refractivity (Wildman–Crippen MR) is 80.8 cm³/mol. The summed E-state index contributed by atoms with van der Waals surface area (Å²) in [5.74, 6) is -0.199. The average molecular weight is 314 g/mol. The van der Waals surface area contributed by atoms with Gasteiger partial charge in [0.05, 0.1) is 15.6 Å². The topological polar surface area (TPSA) is 17.1 Å². The van der Waals surface area contributed by atoms with Gasteiger partial charge in [-0.05, 0) is 43.2 Å². The molecule has 0 saturated carbocycles. The molecule has 2 aromatic carbocycles. The van der Waals surface area contributed by atoms with Gasteiger partial charge in [0.1, 0.15) is 0 Å². The van der Waals surface area contributed by atoms with Gasteiger partial charge in [0.2, 0.25) is 0 Å². The molecule has 2 aromatic rings. The first-order chi connectivity index (χ1) is 8.90. The van der Waals surface area contributed by atoms with Crippen molar-refractivity contribution in [2.45, 2.75) is 13.8 Å². The molecule has 0 N–H and O–H groups in total. The molecule has 1 nitrogen and oxygen atoms in total. The Bertz CT molecular complexity index is 639. The quantitative estimate of drug-likeness (QED) is 0.670. The van der Waals surface area contributed by atoms with Crippen molar-refractivity contribution < 1.29 is 4.79 Å². The maximum absolute atomic E-state index is 12.5. The molecule has 0 heterocycles. The molecule has 0 saturated heterocycles. The van der Waals surface area contributed by atoms with E-state index in [-0.39, 0.29) is 21.4 Å². The number of rotatable bonds is 2. The molecule has 2 rings (SSSR count). The second-order valence-corrected chi connectivity index (χ2v) is 5.62. The number of carbonyl (C=O) groups is 1. The van der Waals surface area contributed by atoms with Gasteiger partial charge < -0.3 is 0 Å². The van der Waals surface area contributed by atoms with Crippen LogP contribution in [0.2, 0.25) is 15.1 Å². The molecule has 0 aliphatic carbocycles. The standard InChI is InChI=1S/C15H11Cl3O/c1-8-3-4-10(5-9(8)2)15(19)14-12(17)6-11(16)7-13(14)18/h3-7H,1-2H3. The molecule has 0 unspecified atom stereocenters. The van der Waals surface area contributed by atoms with Crippen LogP contribution in [0.15, 0.2) is 30.3 Å². The van der Waals surface area contributed by atoms with Crippen molar-refractivity contribution in [1.29, 1.82) is 0 Å². The molecule has 0 bridgehead atoms. The fraction of sp³-hybridized carbons (Fsp3) is 0.133. The summed E-state index contributed by atoms with van der Waals surface area (Å²) >= 11 is 18.0. The van der Waals surface area contributed by atoms with Crippen LogP contribution in [0.25, 0.3) is 0 Å². The van der Waals surface area contributed by atoms with E-state index < -0.39 is 0 Å². The van der Waals surface area contributed by atoms with Crippen molar-refractivity contribution >= 4 is 40.6 Å². The van der Waals surface area contributed by atoms with Crippen LogP contribution in [-0.2, 0) is 0 Å². The fourth-order valence-corrected chi connectivity index (χ4v) is 2.77. The Morgan fingerprint density at radius 1 is 0.895 bits per heavy atom. The summed E-state index contributed by atoms with van der Waals surface area (Å²) in [4.78, 5) is 12.5. The fourth-order valence-electron chi connectivity index (χ4n) is 1.79. The Hall–Kier alpha value is -1.02. The minimum absolute atomic E-state index is 0.199. The number of hydrogen-bond acceptors (Lipinski definition) is 1. The first-order valence-electron chi connectivity index (χ1n) is 5.66. The lowest BCUT2D eigenvalue weighted by Crippen LogP contribution is -2.04. The minimum Gasteiger partial charge on any atom is -0.288 e. The normalized spacial score (nSPS) is 10.6. The van der Waals surface area contributed by atoms with Crippen molar-refractivity contribution in [3.05, 3.63) is 67.7 Å². The lowest BCUT2D eigenvalue weighted by molar-refractivity contribution is 0.103. The van der Waals surface area contributed by atoms with Gasteiger partial charge in [-0.25, -0.2) is 0 Å². The summed E-state index contributed by atoms with van der Waals surface area (Å²) in [6, 6.07) is 8.54. The lowest BCUT2D eigenvalue weighted by atomic mass is 9.99. The predicted octanol–water partition coefficient (Wildman–Crippen LogP) is 5.49. The van der Waals surface area contributed by atoms with Crippen molar-refractivity contribution in [2.75, 3.05) is 0 Å². The third-order valence-electron chi connectivity index (χ3n) is 3.00. The highest BCUT2D eigenvalue weighted by Gasteiger charge is 2.18. The molecule has 0 aromatic heterocycles. The highest BCUT2D eigenvalue weighted by molar-refractivity contribution is 6.43. The molecule has 0 radical (unpaired) electrons. The van der Waals surface area contributed by atoms with Crippen LogP contribution in [0.4, 0.5) is 0 Å². The van der Waals surface area contributed by atoms with E-state index in [1.807, 2.05) is 26.0 Å². The number of benzene rings is 2. The van der Waals surface area contributed by atoms with Crippen molar-refractivity contribution in [3.8, 4) is 0 Å². The highest BCUT2D eigenvalue weighted by Crippen LogP contribution is 2.31. The maximum Gasteiger partial charge on any atom is 0.196 e. The van der Waals surface area contributed by atoms with Crippen LogP contribution in [-0.4, -0.2) is 5.78 Å². The van der Waals surface area contributed by atoms with E-state index >= 15 is 0 Å². The van der Waals surface area contributed by atoms with Gasteiger partial charge >= 0.3 is 0 Å². The summed E-state index contributed by atoms with van der Waals surface area (Å²) in [6.07, 6.45) is 0. The van der Waals surface area contributed by atoms with Gasteiger partial charge in [-0.3, -0.25) is 4.79 Å². The second-order valence-electron chi connectivity index (χ2n) is 4.37. The van der Waals surface area contributed by atoms with E-state index in [0.29, 0.717) is 10.6 Å². The van der Waals surface area contributed by atoms with E-state index in [1.165, 1.54) is 12.1 Å². The summed E-state index contributed by atoms with van der Waals surface area (Å²) in [6.45, 7) is 3.95. The number of halogens is 3. The van der Waals surface area contributed by atoms with E-state index in [9.17, 15) is 4.79 Å². The summed E-state index contributed by atoms with van der Waals surface area (Å²) < 4.78 is 0. The molecular formula is C15H11Cl3O. The largest absolute Gasteiger partial charge is 0.288 e. The van der Waals surface area contributed by atoms with E-state index in [0.717, 1.165) is 11.1 Å². The van der Waals surface area contributed by atoms with Gasteiger partial charge in [-0.2, -0.15) is 0 Å². The molecule has 0 atom stereocenters. The SMILES string of the molecule is Cc1ccc(C(=O)c2c(Cl)cc(Cl)cc2Cl)cc1C. The smallest absolute Gasteiger partial charge is 0.196 e. The molecule has 0 spiro atoms.